The quantitative estimate of drug-likeness (QED) is 0.454. The van der Waals surface area contributed by atoms with Crippen LogP contribution in [0.2, 0.25) is 5.02 Å². The number of benzene rings is 3. The normalized spacial score (nSPS) is 16.5. The van der Waals surface area contributed by atoms with Crippen molar-refractivity contribution in [2.75, 3.05) is 10.6 Å². The van der Waals surface area contributed by atoms with Crippen molar-refractivity contribution in [2.45, 2.75) is 26.3 Å². The van der Waals surface area contributed by atoms with Crippen LogP contribution in [0.1, 0.15) is 34.7 Å². The number of rotatable bonds is 3. The van der Waals surface area contributed by atoms with E-state index in [4.69, 9.17) is 11.6 Å². The molecule has 0 bridgehead atoms. The average Bonchev–Trinajstić information content (AvgIpc) is 2.74. The van der Waals surface area contributed by atoms with Gasteiger partial charge in [0.1, 0.15) is 0 Å². The third kappa shape index (κ3) is 4.47. The molecule has 3 N–H and O–H groups in total. The van der Waals surface area contributed by atoms with E-state index in [1.165, 1.54) is 0 Å². The van der Waals surface area contributed by atoms with Crippen LogP contribution in [-0.2, 0) is 0 Å². The summed E-state index contributed by atoms with van der Waals surface area (Å²) in [6.07, 6.45) is 0.626. The number of hydrogen-bond donors (Lipinski definition) is 3. The lowest BCUT2D eigenvalue weighted by Gasteiger charge is -2.28. The Morgan fingerprint density at radius 3 is 2.63 bits per heavy atom. The van der Waals surface area contributed by atoms with E-state index in [1.807, 2.05) is 68.4 Å². The van der Waals surface area contributed by atoms with Gasteiger partial charge in [-0.15, -0.1) is 0 Å². The molecule has 0 spiro atoms. The molecule has 0 fully saturated rings. The Bertz CT molecular complexity index is 1110. The number of carbonyl (C=O) groups is 1. The molecule has 3 aromatic carbocycles. The average molecular weight is 419 g/mol. The number of carbonyl (C=O) groups excluding carboxylic acids is 1. The zero-order valence-electron chi connectivity index (χ0n) is 16.9. The predicted molar refractivity (Wildman–Crippen MR) is 123 cm³/mol. The molecule has 1 aliphatic rings. The smallest absolute Gasteiger partial charge is 0.339 e. The molecule has 6 heteroatoms. The van der Waals surface area contributed by atoms with Gasteiger partial charge >= 0.3 is 6.03 Å². The first kappa shape index (κ1) is 20.0. The second-order valence-electron chi connectivity index (χ2n) is 7.44. The summed E-state index contributed by atoms with van der Waals surface area (Å²) in [5.41, 5.74) is 9.31. The van der Waals surface area contributed by atoms with E-state index in [0.29, 0.717) is 11.4 Å². The number of hydrogen-bond acceptors (Lipinski definition) is 3. The highest BCUT2D eigenvalue weighted by Gasteiger charge is 2.24. The van der Waals surface area contributed by atoms with Crippen LogP contribution >= 0.6 is 11.6 Å². The number of hydrazone groups is 1. The van der Waals surface area contributed by atoms with Crippen LogP contribution < -0.4 is 16.1 Å². The van der Waals surface area contributed by atoms with Crippen LogP contribution in [0.25, 0.3) is 0 Å². The molecule has 1 aliphatic heterocycles. The molecule has 3 aromatic rings. The van der Waals surface area contributed by atoms with Gasteiger partial charge in [0.25, 0.3) is 0 Å². The van der Waals surface area contributed by atoms with Crippen molar-refractivity contribution < 1.29 is 4.79 Å². The third-order valence-corrected chi connectivity index (χ3v) is 5.38. The second kappa shape index (κ2) is 8.59. The minimum atomic E-state index is -0.382. The molecule has 5 nitrogen and oxygen atoms in total. The van der Waals surface area contributed by atoms with Crippen LogP contribution in [0, 0.1) is 13.8 Å². The Labute approximate surface area is 181 Å². The van der Waals surface area contributed by atoms with Gasteiger partial charge < -0.3 is 10.6 Å². The lowest BCUT2D eigenvalue weighted by Crippen LogP contribution is -2.29. The van der Waals surface area contributed by atoms with Crippen LogP contribution in [0.5, 0.6) is 0 Å². The highest BCUT2D eigenvalue weighted by atomic mass is 35.5. The van der Waals surface area contributed by atoms with E-state index < -0.39 is 0 Å². The summed E-state index contributed by atoms with van der Waals surface area (Å²) in [7, 11) is 0. The molecule has 30 heavy (non-hydrogen) atoms. The summed E-state index contributed by atoms with van der Waals surface area (Å²) in [6.45, 7) is 3.98. The fourth-order valence-corrected chi connectivity index (χ4v) is 3.81. The SMILES string of the molecule is Cc1ccc(NC(=O)NN=C2CC(c3ccccc3)Nc3ccc(Cl)cc32)c(C)c1. The maximum atomic E-state index is 12.5. The number of fused-ring (bicyclic) bond motifs is 1. The van der Waals surface area contributed by atoms with Gasteiger partial charge in [-0.1, -0.05) is 59.6 Å². The lowest BCUT2D eigenvalue weighted by atomic mass is 9.92. The number of urea groups is 1. The first-order valence-corrected chi connectivity index (χ1v) is 10.2. The van der Waals surface area contributed by atoms with Crippen LogP contribution in [-0.4, -0.2) is 11.7 Å². The molecule has 0 radical (unpaired) electrons. The summed E-state index contributed by atoms with van der Waals surface area (Å²) in [5, 5.41) is 11.5. The van der Waals surface area contributed by atoms with Gasteiger partial charge in [-0.05, 0) is 49.2 Å². The van der Waals surface area contributed by atoms with Gasteiger partial charge in [0.15, 0.2) is 0 Å². The molecule has 152 valence electrons. The van der Waals surface area contributed by atoms with E-state index in [-0.39, 0.29) is 12.1 Å². The van der Waals surface area contributed by atoms with Crippen molar-refractivity contribution in [1.82, 2.24) is 5.43 Å². The molecular weight excluding hydrogens is 396 g/mol. The molecule has 0 saturated heterocycles. The highest BCUT2D eigenvalue weighted by Crippen LogP contribution is 2.34. The molecule has 0 aromatic heterocycles. The van der Waals surface area contributed by atoms with Crippen molar-refractivity contribution in [3.05, 3.63) is 94.0 Å². The Morgan fingerprint density at radius 1 is 1.07 bits per heavy atom. The fourth-order valence-electron chi connectivity index (χ4n) is 3.64. The summed E-state index contributed by atoms with van der Waals surface area (Å²) in [5.74, 6) is 0. The van der Waals surface area contributed by atoms with Crippen molar-refractivity contribution in [3.63, 3.8) is 0 Å². The first-order valence-electron chi connectivity index (χ1n) is 9.82. The summed E-state index contributed by atoms with van der Waals surface area (Å²) in [6, 6.07) is 21.4. The summed E-state index contributed by atoms with van der Waals surface area (Å²) in [4.78, 5) is 12.5. The topological polar surface area (TPSA) is 65.5 Å². The van der Waals surface area contributed by atoms with E-state index in [2.05, 4.69) is 33.3 Å². The molecule has 0 aliphatic carbocycles. The Balaban J connectivity index is 1.57. The first-order chi connectivity index (χ1) is 14.5. The van der Waals surface area contributed by atoms with Gasteiger partial charge in [-0.2, -0.15) is 5.10 Å². The Morgan fingerprint density at radius 2 is 1.87 bits per heavy atom. The van der Waals surface area contributed by atoms with Crippen LogP contribution in [0.15, 0.2) is 71.8 Å². The van der Waals surface area contributed by atoms with Crippen molar-refractivity contribution in [1.29, 1.82) is 0 Å². The van der Waals surface area contributed by atoms with E-state index in [1.54, 1.807) is 0 Å². The number of amides is 2. The summed E-state index contributed by atoms with van der Waals surface area (Å²) < 4.78 is 0. The van der Waals surface area contributed by atoms with E-state index in [0.717, 1.165) is 39.3 Å². The number of halogens is 1. The molecule has 1 atom stereocenters. The number of aryl methyl sites for hydroxylation is 2. The molecule has 1 unspecified atom stereocenters. The standard InChI is InChI=1S/C24H23ClN4O/c1-15-8-10-20(16(2)12-15)27-24(30)29-28-23-14-22(17-6-4-3-5-7-17)26-21-11-9-18(25)13-19(21)23/h3-13,22,26H,14H2,1-2H3,(H2,27,29,30). The minimum Gasteiger partial charge on any atom is -0.377 e. The van der Waals surface area contributed by atoms with E-state index >= 15 is 0 Å². The Hall–Kier alpha value is -3.31. The largest absolute Gasteiger partial charge is 0.377 e. The molecule has 2 amide bonds. The fraction of sp³-hybridized carbons (Fsp3) is 0.167. The maximum absolute atomic E-state index is 12.5. The maximum Gasteiger partial charge on any atom is 0.339 e. The minimum absolute atomic E-state index is 0.0582. The molecule has 1 heterocycles. The summed E-state index contributed by atoms with van der Waals surface area (Å²) >= 11 is 6.21. The monoisotopic (exact) mass is 418 g/mol. The van der Waals surface area contributed by atoms with Gasteiger partial charge in [0, 0.05) is 28.4 Å². The Kier molecular flexibility index (Phi) is 5.72. The van der Waals surface area contributed by atoms with E-state index in [9.17, 15) is 4.79 Å². The second-order valence-corrected chi connectivity index (χ2v) is 7.88. The predicted octanol–water partition coefficient (Wildman–Crippen LogP) is 6.04. The third-order valence-electron chi connectivity index (χ3n) is 5.14. The number of nitrogens with one attached hydrogen (secondary N) is 3. The van der Waals surface area contributed by atoms with Crippen molar-refractivity contribution in [3.8, 4) is 0 Å². The van der Waals surface area contributed by atoms with Gasteiger partial charge in [-0.25, -0.2) is 10.2 Å². The van der Waals surface area contributed by atoms with Crippen LogP contribution in [0.3, 0.4) is 0 Å². The number of nitrogens with zero attached hydrogens (tertiary/aromatic N) is 1. The van der Waals surface area contributed by atoms with Gasteiger partial charge in [-0.3, -0.25) is 0 Å². The highest BCUT2D eigenvalue weighted by molar-refractivity contribution is 6.31. The van der Waals surface area contributed by atoms with Crippen molar-refractivity contribution in [2.24, 2.45) is 5.10 Å². The van der Waals surface area contributed by atoms with Gasteiger partial charge in [0.05, 0.1) is 11.8 Å². The zero-order chi connectivity index (χ0) is 21.1. The molecular formula is C24H23ClN4O. The lowest BCUT2D eigenvalue weighted by molar-refractivity contribution is 0.252. The zero-order valence-corrected chi connectivity index (χ0v) is 17.6. The molecule has 4 rings (SSSR count). The van der Waals surface area contributed by atoms with Gasteiger partial charge in [0.2, 0.25) is 0 Å². The molecule has 0 saturated carbocycles. The van der Waals surface area contributed by atoms with Crippen molar-refractivity contribution >= 4 is 34.7 Å². The van der Waals surface area contributed by atoms with Crippen LogP contribution in [0.4, 0.5) is 16.2 Å². The number of anilines is 2.